The highest BCUT2D eigenvalue weighted by molar-refractivity contribution is 14.0. The Balaban J connectivity index is 0.00000450. The van der Waals surface area contributed by atoms with Crippen LogP contribution in [-0.2, 0) is 16.4 Å². The third-order valence-electron chi connectivity index (χ3n) is 4.67. The van der Waals surface area contributed by atoms with Crippen LogP contribution < -0.4 is 15.4 Å². The number of halogens is 1. The molecule has 0 amide bonds. The van der Waals surface area contributed by atoms with Gasteiger partial charge >= 0.3 is 0 Å². The monoisotopic (exact) mass is 545 g/mol. The van der Waals surface area contributed by atoms with E-state index in [0.29, 0.717) is 17.4 Å². The highest BCUT2D eigenvalue weighted by atomic mass is 127. The Morgan fingerprint density at radius 1 is 1.07 bits per heavy atom. The van der Waals surface area contributed by atoms with Gasteiger partial charge in [-0.15, -0.1) is 24.0 Å². The number of sulfone groups is 1. The van der Waals surface area contributed by atoms with Gasteiger partial charge in [-0.1, -0.05) is 31.2 Å². The molecular weight excluding hydrogens is 513 g/mol. The first kappa shape index (κ1) is 26.2. The number of benzene rings is 2. The molecule has 0 saturated heterocycles. The van der Waals surface area contributed by atoms with Gasteiger partial charge in [-0.3, -0.25) is 0 Å². The summed E-state index contributed by atoms with van der Waals surface area (Å²) in [5.41, 5.74) is 2.24. The number of methoxy groups -OCH3 is 1. The molecule has 0 fully saturated rings. The molecule has 0 spiro atoms. The summed E-state index contributed by atoms with van der Waals surface area (Å²) >= 11 is 0. The van der Waals surface area contributed by atoms with Crippen LogP contribution in [0.25, 0.3) is 0 Å². The molecule has 166 valence electrons. The van der Waals surface area contributed by atoms with Gasteiger partial charge in [0.25, 0.3) is 0 Å². The first-order chi connectivity index (χ1) is 13.8. The van der Waals surface area contributed by atoms with E-state index in [1.54, 1.807) is 31.4 Å². The maximum absolute atomic E-state index is 11.5. The van der Waals surface area contributed by atoms with Crippen molar-refractivity contribution in [2.75, 3.05) is 26.5 Å². The van der Waals surface area contributed by atoms with Crippen LogP contribution in [0.4, 0.5) is 0 Å². The summed E-state index contributed by atoms with van der Waals surface area (Å²) in [6, 6.07) is 15.0. The third-order valence-corrected chi connectivity index (χ3v) is 5.80. The number of guanidine groups is 1. The smallest absolute Gasteiger partial charge is 0.191 e. The zero-order chi connectivity index (χ0) is 21.3. The summed E-state index contributed by atoms with van der Waals surface area (Å²) in [6.07, 6.45) is 2.18. The molecule has 0 bridgehead atoms. The quantitative estimate of drug-likeness (QED) is 0.283. The lowest BCUT2D eigenvalue weighted by atomic mass is 9.98. The fraction of sp³-hybridized carbons (Fsp3) is 0.409. The van der Waals surface area contributed by atoms with Gasteiger partial charge in [0, 0.05) is 19.3 Å². The SMILES string of the molecule is CCNC(=NCc1ccc(S(C)(=O)=O)cc1)NCCC(C)c1ccc(OC)cc1.I. The van der Waals surface area contributed by atoms with Gasteiger partial charge in [0.1, 0.15) is 5.75 Å². The minimum atomic E-state index is -3.17. The summed E-state index contributed by atoms with van der Waals surface area (Å²) in [5, 5.41) is 6.61. The van der Waals surface area contributed by atoms with Gasteiger partial charge < -0.3 is 15.4 Å². The molecule has 2 aromatic carbocycles. The van der Waals surface area contributed by atoms with E-state index in [1.165, 1.54) is 11.8 Å². The predicted molar refractivity (Wildman–Crippen MR) is 134 cm³/mol. The molecule has 8 heteroatoms. The van der Waals surface area contributed by atoms with Crippen LogP contribution in [0, 0.1) is 0 Å². The summed E-state index contributed by atoms with van der Waals surface area (Å²) in [4.78, 5) is 4.92. The second-order valence-electron chi connectivity index (χ2n) is 7.00. The number of ether oxygens (including phenoxy) is 1. The van der Waals surface area contributed by atoms with E-state index in [-0.39, 0.29) is 24.0 Å². The number of hydrogen-bond donors (Lipinski definition) is 2. The molecule has 1 atom stereocenters. The first-order valence-electron chi connectivity index (χ1n) is 9.78. The Hall–Kier alpha value is -1.81. The second kappa shape index (κ2) is 12.8. The Labute approximate surface area is 197 Å². The number of nitrogens with zero attached hydrogens (tertiary/aromatic N) is 1. The molecule has 30 heavy (non-hydrogen) atoms. The van der Waals surface area contributed by atoms with Gasteiger partial charge in [0.2, 0.25) is 0 Å². The van der Waals surface area contributed by atoms with Crippen molar-refractivity contribution in [2.24, 2.45) is 4.99 Å². The number of rotatable bonds is 9. The van der Waals surface area contributed by atoms with E-state index in [4.69, 9.17) is 4.74 Å². The lowest BCUT2D eigenvalue weighted by Gasteiger charge is -2.15. The molecule has 2 aromatic rings. The first-order valence-corrected chi connectivity index (χ1v) is 11.7. The molecule has 1 unspecified atom stereocenters. The van der Waals surface area contributed by atoms with Crippen LogP contribution in [0.15, 0.2) is 58.4 Å². The van der Waals surface area contributed by atoms with Crippen LogP contribution in [0.3, 0.4) is 0 Å². The second-order valence-corrected chi connectivity index (χ2v) is 9.02. The van der Waals surface area contributed by atoms with Gasteiger partial charge in [-0.05, 0) is 54.7 Å². The van der Waals surface area contributed by atoms with E-state index in [2.05, 4.69) is 34.7 Å². The molecule has 2 rings (SSSR count). The average Bonchev–Trinajstić information content (AvgIpc) is 2.71. The largest absolute Gasteiger partial charge is 0.497 e. The van der Waals surface area contributed by atoms with E-state index >= 15 is 0 Å². The Bertz CT molecular complexity index is 898. The summed E-state index contributed by atoms with van der Waals surface area (Å²) in [7, 11) is -1.50. The molecular formula is C22H32IN3O3S. The normalized spacial score (nSPS) is 12.6. The lowest BCUT2D eigenvalue weighted by Crippen LogP contribution is -2.38. The van der Waals surface area contributed by atoms with Gasteiger partial charge in [-0.25, -0.2) is 13.4 Å². The molecule has 6 nitrogen and oxygen atoms in total. The molecule has 2 N–H and O–H groups in total. The number of nitrogens with one attached hydrogen (secondary N) is 2. The lowest BCUT2D eigenvalue weighted by molar-refractivity contribution is 0.414. The summed E-state index contributed by atoms with van der Waals surface area (Å²) in [5.74, 6) is 2.03. The fourth-order valence-electron chi connectivity index (χ4n) is 2.86. The van der Waals surface area contributed by atoms with Gasteiger partial charge in [0.05, 0.1) is 18.6 Å². The number of aliphatic imine (C=N–C) groups is 1. The maximum Gasteiger partial charge on any atom is 0.191 e. The van der Waals surface area contributed by atoms with Crippen molar-refractivity contribution in [3.05, 3.63) is 59.7 Å². The van der Waals surface area contributed by atoms with E-state index < -0.39 is 9.84 Å². The van der Waals surface area contributed by atoms with Gasteiger partial charge in [-0.2, -0.15) is 0 Å². The van der Waals surface area contributed by atoms with Gasteiger partial charge in [0.15, 0.2) is 15.8 Å². The van der Waals surface area contributed by atoms with Crippen molar-refractivity contribution in [1.82, 2.24) is 10.6 Å². The van der Waals surface area contributed by atoms with Crippen LogP contribution in [-0.4, -0.2) is 40.8 Å². The molecule has 0 aliphatic carbocycles. The van der Waals surface area contributed by atoms with Crippen molar-refractivity contribution < 1.29 is 13.2 Å². The zero-order valence-corrected chi connectivity index (χ0v) is 21.2. The summed E-state index contributed by atoms with van der Waals surface area (Å²) < 4.78 is 28.3. The predicted octanol–water partition coefficient (Wildman–Crippen LogP) is 3.97. The Kier molecular flexibility index (Phi) is 11.2. The van der Waals surface area contributed by atoms with Crippen molar-refractivity contribution in [3.63, 3.8) is 0 Å². The van der Waals surface area contributed by atoms with Crippen LogP contribution in [0.2, 0.25) is 0 Å². The molecule has 0 radical (unpaired) electrons. The van der Waals surface area contributed by atoms with Crippen molar-refractivity contribution >= 4 is 39.8 Å². The topological polar surface area (TPSA) is 79.8 Å². The zero-order valence-electron chi connectivity index (χ0n) is 18.0. The van der Waals surface area contributed by atoms with Crippen LogP contribution in [0.1, 0.15) is 37.3 Å². The molecule has 0 aliphatic heterocycles. The van der Waals surface area contributed by atoms with Crippen molar-refractivity contribution in [3.8, 4) is 5.75 Å². The maximum atomic E-state index is 11.5. The molecule has 0 saturated carbocycles. The molecule has 0 aliphatic rings. The van der Waals surface area contributed by atoms with E-state index in [0.717, 1.165) is 36.8 Å². The number of hydrogen-bond acceptors (Lipinski definition) is 4. The Morgan fingerprint density at radius 2 is 1.70 bits per heavy atom. The fourth-order valence-corrected chi connectivity index (χ4v) is 3.49. The minimum absolute atomic E-state index is 0. The highest BCUT2D eigenvalue weighted by Gasteiger charge is 2.08. The van der Waals surface area contributed by atoms with Crippen LogP contribution in [0.5, 0.6) is 5.75 Å². The Morgan fingerprint density at radius 3 is 2.23 bits per heavy atom. The third kappa shape index (κ3) is 8.51. The standard InChI is InChI=1S/C22H31N3O3S.HI/c1-5-23-22(25-16-18-6-12-21(13-7-18)29(4,26)27)24-15-14-17(2)19-8-10-20(28-3)11-9-19;/h6-13,17H,5,14-16H2,1-4H3,(H2,23,24,25);1H. The highest BCUT2D eigenvalue weighted by Crippen LogP contribution is 2.21. The molecule has 0 heterocycles. The molecule has 0 aromatic heterocycles. The van der Waals surface area contributed by atoms with Crippen molar-refractivity contribution in [1.29, 1.82) is 0 Å². The van der Waals surface area contributed by atoms with E-state index in [9.17, 15) is 8.42 Å². The summed E-state index contributed by atoms with van der Waals surface area (Å²) in [6.45, 7) is 6.28. The van der Waals surface area contributed by atoms with Crippen molar-refractivity contribution in [2.45, 2.75) is 37.6 Å². The van der Waals surface area contributed by atoms with E-state index in [1.807, 2.05) is 19.1 Å². The van der Waals surface area contributed by atoms with Crippen LogP contribution >= 0.6 is 24.0 Å². The average molecular weight is 545 g/mol. The minimum Gasteiger partial charge on any atom is -0.497 e.